The Hall–Kier alpha value is -4.30. The van der Waals surface area contributed by atoms with E-state index < -0.39 is 0 Å². The van der Waals surface area contributed by atoms with Gasteiger partial charge in [0.1, 0.15) is 0 Å². The summed E-state index contributed by atoms with van der Waals surface area (Å²) in [5, 5.41) is 17.4. The van der Waals surface area contributed by atoms with Crippen molar-refractivity contribution in [3.8, 4) is 33.8 Å². The van der Waals surface area contributed by atoms with E-state index in [0.717, 1.165) is 11.1 Å². The molecule has 0 bridgehead atoms. The van der Waals surface area contributed by atoms with E-state index in [9.17, 15) is 5.11 Å². The van der Waals surface area contributed by atoms with E-state index in [4.69, 9.17) is 4.74 Å². The molecule has 0 radical (unpaired) electrons. The average molecular weight is 427 g/mol. The molecular formula is C31H22O2. The second kappa shape index (κ2) is 7.68. The summed E-state index contributed by atoms with van der Waals surface area (Å²) < 4.78 is 5.40. The molecule has 0 amide bonds. The number of rotatable bonds is 3. The van der Waals surface area contributed by atoms with Crippen LogP contribution < -0.4 is 4.74 Å². The minimum absolute atomic E-state index is 0.141. The Bertz CT molecular complexity index is 1600. The number of methoxy groups -OCH3 is 1. The third-order valence-electron chi connectivity index (χ3n) is 6.44. The largest absolute Gasteiger partial charge is 0.504 e. The first-order valence-electron chi connectivity index (χ1n) is 11.0. The van der Waals surface area contributed by atoms with Crippen LogP contribution in [0.3, 0.4) is 0 Å². The number of aromatic hydroxyl groups is 1. The molecular weight excluding hydrogens is 404 g/mol. The number of benzene rings is 6. The minimum Gasteiger partial charge on any atom is -0.504 e. The molecule has 33 heavy (non-hydrogen) atoms. The third kappa shape index (κ3) is 3.11. The fraction of sp³-hybridized carbons (Fsp3) is 0.0323. The van der Waals surface area contributed by atoms with Crippen LogP contribution in [-0.2, 0) is 0 Å². The van der Waals surface area contributed by atoms with Gasteiger partial charge in [0.15, 0.2) is 11.5 Å². The Morgan fingerprint density at radius 2 is 1.18 bits per heavy atom. The first-order chi connectivity index (χ1) is 16.2. The maximum absolute atomic E-state index is 10.1. The van der Waals surface area contributed by atoms with E-state index in [1.807, 2.05) is 12.1 Å². The van der Waals surface area contributed by atoms with Crippen LogP contribution in [-0.4, -0.2) is 12.2 Å². The van der Waals surface area contributed by atoms with Gasteiger partial charge in [-0.25, -0.2) is 0 Å². The molecule has 1 N–H and O–H groups in total. The highest BCUT2D eigenvalue weighted by Gasteiger charge is 2.16. The Balaban J connectivity index is 1.76. The first-order valence-corrected chi connectivity index (χ1v) is 11.0. The Kier molecular flexibility index (Phi) is 4.51. The average Bonchev–Trinajstić information content (AvgIpc) is 2.87. The van der Waals surface area contributed by atoms with Crippen LogP contribution in [0, 0.1) is 0 Å². The smallest absolute Gasteiger partial charge is 0.161 e. The van der Waals surface area contributed by atoms with Crippen molar-refractivity contribution in [3.05, 3.63) is 109 Å². The van der Waals surface area contributed by atoms with E-state index in [2.05, 4.69) is 91.0 Å². The fourth-order valence-corrected chi connectivity index (χ4v) is 4.94. The zero-order valence-electron chi connectivity index (χ0n) is 18.2. The van der Waals surface area contributed by atoms with Crippen LogP contribution in [0.1, 0.15) is 0 Å². The van der Waals surface area contributed by atoms with Crippen molar-refractivity contribution in [1.29, 1.82) is 0 Å². The maximum Gasteiger partial charge on any atom is 0.161 e. The van der Waals surface area contributed by atoms with Gasteiger partial charge in [-0.05, 0) is 72.8 Å². The SMILES string of the molecule is COc1cc(-c2cccc3cccc(-c4c5ccccc5cc5ccccc45)c23)ccc1O. The van der Waals surface area contributed by atoms with Crippen molar-refractivity contribution in [1.82, 2.24) is 0 Å². The second-order valence-corrected chi connectivity index (χ2v) is 8.29. The van der Waals surface area contributed by atoms with Crippen LogP contribution in [0.2, 0.25) is 0 Å². The van der Waals surface area contributed by atoms with Crippen LogP contribution in [0.5, 0.6) is 11.5 Å². The van der Waals surface area contributed by atoms with Crippen molar-refractivity contribution < 1.29 is 9.84 Å². The zero-order chi connectivity index (χ0) is 22.4. The molecule has 0 saturated heterocycles. The number of hydrogen-bond acceptors (Lipinski definition) is 2. The Morgan fingerprint density at radius 3 is 1.85 bits per heavy atom. The van der Waals surface area contributed by atoms with E-state index in [1.54, 1.807) is 13.2 Å². The third-order valence-corrected chi connectivity index (χ3v) is 6.44. The summed E-state index contributed by atoms with van der Waals surface area (Å²) in [5.74, 6) is 0.611. The van der Waals surface area contributed by atoms with E-state index in [1.165, 1.54) is 43.4 Å². The highest BCUT2D eigenvalue weighted by molar-refractivity contribution is 6.19. The molecule has 6 aromatic rings. The first kappa shape index (κ1) is 19.4. The molecule has 158 valence electrons. The maximum atomic E-state index is 10.1. The molecule has 0 aromatic heterocycles. The van der Waals surface area contributed by atoms with Crippen LogP contribution in [0.25, 0.3) is 54.6 Å². The van der Waals surface area contributed by atoms with Gasteiger partial charge in [-0.2, -0.15) is 0 Å². The molecule has 0 saturated carbocycles. The Morgan fingerprint density at radius 1 is 0.576 bits per heavy atom. The molecule has 2 heteroatoms. The molecule has 6 aromatic carbocycles. The van der Waals surface area contributed by atoms with Gasteiger partial charge in [-0.1, -0.05) is 91.0 Å². The lowest BCUT2D eigenvalue weighted by atomic mass is 9.86. The standard InChI is InChI=1S/C31H22O2/c1-33-29-19-23(16-17-28(29)32)24-14-6-10-20-11-7-15-27(30(20)24)31-25-12-4-2-8-21(25)18-22-9-3-5-13-26(22)31/h2-19,32H,1H3. The number of phenolic OH excluding ortho intramolecular Hbond substituents is 1. The van der Waals surface area contributed by atoms with Gasteiger partial charge in [-0.15, -0.1) is 0 Å². The molecule has 0 aliphatic rings. The molecule has 0 atom stereocenters. The lowest BCUT2D eigenvalue weighted by Crippen LogP contribution is -1.90. The molecule has 2 nitrogen and oxygen atoms in total. The summed E-state index contributed by atoms with van der Waals surface area (Å²) in [4.78, 5) is 0. The molecule has 6 rings (SSSR count). The number of ether oxygens (including phenoxy) is 1. The van der Waals surface area contributed by atoms with Crippen LogP contribution >= 0.6 is 0 Å². The molecule has 0 unspecified atom stereocenters. The van der Waals surface area contributed by atoms with Crippen LogP contribution in [0.15, 0.2) is 109 Å². The fourth-order valence-electron chi connectivity index (χ4n) is 4.94. The zero-order valence-corrected chi connectivity index (χ0v) is 18.2. The normalized spacial score (nSPS) is 11.3. The quantitative estimate of drug-likeness (QED) is 0.289. The lowest BCUT2D eigenvalue weighted by Gasteiger charge is -2.17. The number of phenols is 1. The summed E-state index contributed by atoms with van der Waals surface area (Å²) in [6.07, 6.45) is 0. The van der Waals surface area contributed by atoms with E-state index in [0.29, 0.717) is 5.75 Å². The highest BCUT2D eigenvalue weighted by atomic mass is 16.5. The van der Waals surface area contributed by atoms with Gasteiger partial charge in [0.25, 0.3) is 0 Å². The van der Waals surface area contributed by atoms with Gasteiger partial charge in [0.05, 0.1) is 7.11 Å². The number of fused-ring (bicyclic) bond motifs is 3. The van der Waals surface area contributed by atoms with Gasteiger partial charge >= 0.3 is 0 Å². The van der Waals surface area contributed by atoms with Crippen molar-refractivity contribution in [2.75, 3.05) is 7.11 Å². The minimum atomic E-state index is 0.141. The number of hydrogen-bond donors (Lipinski definition) is 1. The summed E-state index contributed by atoms with van der Waals surface area (Å²) in [5.41, 5.74) is 4.56. The second-order valence-electron chi connectivity index (χ2n) is 8.29. The molecule has 0 spiro atoms. The summed E-state index contributed by atoms with van der Waals surface area (Å²) >= 11 is 0. The molecule has 0 aliphatic carbocycles. The van der Waals surface area contributed by atoms with E-state index in [-0.39, 0.29) is 5.75 Å². The van der Waals surface area contributed by atoms with Crippen molar-refractivity contribution in [2.45, 2.75) is 0 Å². The summed E-state index contributed by atoms with van der Waals surface area (Å²) in [7, 11) is 1.58. The predicted octanol–water partition coefficient (Wildman–Crippen LogP) is 8.19. The summed E-state index contributed by atoms with van der Waals surface area (Å²) in [6, 6.07) is 37.9. The monoisotopic (exact) mass is 426 g/mol. The van der Waals surface area contributed by atoms with Gasteiger partial charge < -0.3 is 9.84 Å². The lowest BCUT2D eigenvalue weighted by molar-refractivity contribution is 0.373. The van der Waals surface area contributed by atoms with Crippen molar-refractivity contribution in [3.63, 3.8) is 0 Å². The van der Waals surface area contributed by atoms with Gasteiger partial charge in [0.2, 0.25) is 0 Å². The van der Waals surface area contributed by atoms with Crippen molar-refractivity contribution >= 4 is 32.3 Å². The summed E-state index contributed by atoms with van der Waals surface area (Å²) in [6.45, 7) is 0. The predicted molar refractivity (Wildman–Crippen MR) is 138 cm³/mol. The molecule has 0 aliphatic heterocycles. The van der Waals surface area contributed by atoms with E-state index >= 15 is 0 Å². The van der Waals surface area contributed by atoms with Crippen LogP contribution in [0.4, 0.5) is 0 Å². The topological polar surface area (TPSA) is 29.5 Å². The van der Waals surface area contributed by atoms with Gasteiger partial charge in [0, 0.05) is 0 Å². The highest BCUT2D eigenvalue weighted by Crippen LogP contribution is 2.43. The van der Waals surface area contributed by atoms with Crippen molar-refractivity contribution in [2.24, 2.45) is 0 Å². The molecule has 0 heterocycles. The Labute approximate surface area is 192 Å². The molecule has 0 fully saturated rings. The van der Waals surface area contributed by atoms with Gasteiger partial charge in [-0.3, -0.25) is 0 Å².